The highest BCUT2D eigenvalue weighted by Crippen LogP contribution is 2.38. The maximum absolute atomic E-state index is 14.0. The molecule has 1 unspecified atom stereocenters. The van der Waals surface area contributed by atoms with Gasteiger partial charge in [0.05, 0.1) is 24.1 Å². The SMILES string of the molecule is C=CCOc1ccc(C2c3c(oc4ccc(F)cc4c3=O)C(=O)N2CCc2ccc(OC)cc2)cc1. The van der Waals surface area contributed by atoms with Crippen molar-refractivity contribution in [3.63, 3.8) is 0 Å². The van der Waals surface area contributed by atoms with Gasteiger partial charge in [0.1, 0.15) is 29.5 Å². The Kier molecular flexibility index (Phi) is 6.29. The molecule has 2 heterocycles. The number of ether oxygens (including phenoxy) is 2. The van der Waals surface area contributed by atoms with Gasteiger partial charge in [-0.15, -0.1) is 0 Å². The molecular weight excluding hydrogens is 461 g/mol. The third kappa shape index (κ3) is 4.24. The lowest BCUT2D eigenvalue weighted by Gasteiger charge is -2.25. The molecule has 0 spiro atoms. The van der Waals surface area contributed by atoms with Crippen LogP contribution in [-0.4, -0.2) is 31.1 Å². The van der Waals surface area contributed by atoms with Gasteiger partial charge in [-0.1, -0.05) is 36.9 Å². The summed E-state index contributed by atoms with van der Waals surface area (Å²) in [6.07, 6.45) is 2.21. The van der Waals surface area contributed by atoms with E-state index in [1.54, 1.807) is 30.2 Å². The molecule has 1 aromatic heterocycles. The summed E-state index contributed by atoms with van der Waals surface area (Å²) in [6, 6.07) is 17.9. The molecule has 1 atom stereocenters. The molecule has 1 amide bonds. The first kappa shape index (κ1) is 23.4. The average Bonchev–Trinajstić information content (AvgIpc) is 3.18. The lowest BCUT2D eigenvalue weighted by Crippen LogP contribution is -2.31. The van der Waals surface area contributed by atoms with Gasteiger partial charge in [-0.25, -0.2) is 4.39 Å². The number of carbonyl (C=O) groups excluding carboxylic acids is 1. The van der Waals surface area contributed by atoms with E-state index in [0.717, 1.165) is 22.9 Å². The van der Waals surface area contributed by atoms with Crippen molar-refractivity contribution in [2.24, 2.45) is 0 Å². The summed E-state index contributed by atoms with van der Waals surface area (Å²) in [6.45, 7) is 4.35. The quantitative estimate of drug-likeness (QED) is 0.317. The van der Waals surface area contributed by atoms with Crippen LogP contribution in [0.5, 0.6) is 11.5 Å². The lowest BCUT2D eigenvalue weighted by molar-refractivity contribution is 0.0730. The van der Waals surface area contributed by atoms with Gasteiger partial charge in [-0.2, -0.15) is 0 Å². The van der Waals surface area contributed by atoms with Crippen LogP contribution < -0.4 is 14.9 Å². The first-order valence-electron chi connectivity index (χ1n) is 11.5. The zero-order valence-corrected chi connectivity index (χ0v) is 19.7. The number of halogens is 1. The molecule has 4 aromatic rings. The fourth-order valence-corrected chi connectivity index (χ4v) is 4.51. The van der Waals surface area contributed by atoms with Crippen LogP contribution in [0.25, 0.3) is 11.0 Å². The minimum absolute atomic E-state index is 0.00850. The predicted octanol–water partition coefficient (Wildman–Crippen LogP) is 5.29. The van der Waals surface area contributed by atoms with Gasteiger partial charge in [0.2, 0.25) is 5.76 Å². The molecule has 7 heteroatoms. The minimum atomic E-state index is -0.678. The molecule has 3 aromatic carbocycles. The van der Waals surface area contributed by atoms with Gasteiger partial charge in [-0.3, -0.25) is 9.59 Å². The Morgan fingerprint density at radius 3 is 2.44 bits per heavy atom. The lowest BCUT2D eigenvalue weighted by atomic mass is 9.98. The third-order valence-electron chi connectivity index (χ3n) is 6.29. The van der Waals surface area contributed by atoms with E-state index < -0.39 is 17.3 Å². The van der Waals surface area contributed by atoms with E-state index in [-0.39, 0.29) is 28.2 Å². The molecule has 0 saturated heterocycles. The van der Waals surface area contributed by atoms with Crippen LogP contribution in [0.15, 0.2) is 88.6 Å². The summed E-state index contributed by atoms with van der Waals surface area (Å²) in [5.74, 6) is 0.453. The Morgan fingerprint density at radius 2 is 1.75 bits per heavy atom. The zero-order chi connectivity index (χ0) is 25.2. The average molecular weight is 486 g/mol. The molecule has 6 nitrogen and oxygen atoms in total. The highest BCUT2D eigenvalue weighted by Gasteiger charge is 2.42. The molecular formula is C29H24FNO5. The highest BCUT2D eigenvalue weighted by atomic mass is 19.1. The van der Waals surface area contributed by atoms with Crippen molar-refractivity contribution >= 4 is 16.9 Å². The van der Waals surface area contributed by atoms with Crippen LogP contribution >= 0.6 is 0 Å². The Hall–Kier alpha value is -4.39. The van der Waals surface area contributed by atoms with Crippen LogP contribution in [0, 0.1) is 5.82 Å². The molecule has 1 aliphatic heterocycles. The second kappa shape index (κ2) is 9.70. The van der Waals surface area contributed by atoms with Gasteiger partial charge in [0.15, 0.2) is 5.43 Å². The number of benzene rings is 3. The monoisotopic (exact) mass is 485 g/mol. The van der Waals surface area contributed by atoms with Crippen molar-refractivity contribution in [2.75, 3.05) is 20.3 Å². The Balaban J connectivity index is 1.56. The molecule has 36 heavy (non-hydrogen) atoms. The smallest absolute Gasteiger partial charge is 0.290 e. The number of rotatable bonds is 8. The fourth-order valence-electron chi connectivity index (χ4n) is 4.51. The maximum Gasteiger partial charge on any atom is 0.290 e. The number of nitrogens with zero attached hydrogens (tertiary/aromatic N) is 1. The summed E-state index contributed by atoms with van der Waals surface area (Å²) in [4.78, 5) is 28.7. The third-order valence-corrected chi connectivity index (χ3v) is 6.29. The van der Waals surface area contributed by atoms with Gasteiger partial charge >= 0.3 is 0 Å². The van der Waals surface area contributed by atoms with Crippen molar-refractivity contribution < 1.29 is 23.1 Å². The Morgan fingerprint density at radius 1 is 1.03 bits per heavy atom. The first-order valence-corrected chi connectivity index (χ1v) is 11.5. The van der Waals surface area contributed by atoms with E-state index in [1.165, 1.54) is 12.1 Å². The molecule has 0 saturated carbocycles. The number of amides is 1. The van der Waals surface area contributed by atoms with Crippen LogP contribution in [0.3, 0.4) is 0 Å². The second-order valence-corrected chi connectivity index (χ2v) is 8.48. The fraction of sp³-hybridized carbons (Fsp3) is 0.172. The molecule has 5 rings (SSSR count). The molecule has 0 N–H and O–H groups in total. The van der Waals surface area contributed by atoms with Crippen molar-refractivity contribution in [2.45, 2.75) is 12.5 Å². The van der Waals surface area contributed by atoms with E-state index in [9.17, 15) is 14.0 Å². The van der Waals surface area contributed by atoms with Crippen molar-refractivity contribution in [3.05, 3.63) is 118 Å². The van der Waals surface area contributed by atoms with Crippen molar-refractivity contribution in [3.8, 4) is 11.5 Å². The van der Waals surface area contributed by atoms with Gasteiger partial charge in [0, 0.05) is 6.54 Å². The Labute approximate surface area is 207 Å². The van der Waals surface area contributed by atoms with E-state index in [2.05, 4.69) is 6.58 Å². The van der Waals surface area contributed by atoms with Crippen molar-refractivity contribution in [1.82, 2.24) is 4.90 Å². The molecule has 1 aliphatic rings. The van der Waals surface area contributed by atoms with Crippen LogP contribution in [-0.2, 0) is 6.42 Å². The summed E-state index contributed by atoms with van der Waals surface area (Å²) in [5.41, 5.74) is 1.72. The Bertz CT molecular complexity index is 1490. The summed E-state index contributed by atoms with van der Waals surface area (Å²) in [7, 11) is 1.60. The zero-order valence-electron chi connectivity index (χ0n) is 19.7. The van der Waals surface area contributed by atoms with E-state index in [4.69, 9.17) is 13.9 Å². The second-order valence-electron chi connectivity index (χ2n) is 8.48. The number of methoxy groups -OCH3 is 1. The van der Waals surface area contributed by atoms with E-state index in [1.807, 2.05) is 36.4 Å². The van der Waals surface area contributed by atoms with Crippen LogP contribution in [0.2, 0.25) is 0 Å². The molecule has 182 valence electrons. The largest absolute Gasteiger partial charge is 0.497 e. The predicted molar refractivity (Wildman–Crippen MR) is 134 cm³/mol. The van der Waals surface area contributed by atoms with E-state index >= 15 is 0 Å². The van der Waals surface area contributed by atoms with Crippen molar-refractivity contribution in [1.29, 1.82) is 0 Å². The number of fused-ring (bicyclic) bond motifs is 2. The molecule has 0 aliphatic carbocycles. The standard InChI is InChI=1S/C29H24FNO5/c1-3-16-35-22-11-6-19(7-12-22)26-25-27(32)23-17-20(30)8-13-24(23)36-28(25)29(33)31(26)15-14-18-4-9-21(34-2)10-5-18/h3-13,17,26H,1,14-16H2,2H3. The number of hydrogen-bond donors (Lipinski definition) is 0. The maximum atomic E-state index is 14.0. The molecule has 0 radical (unpaired) electrons. The van der Waals surface area contributed by atoms with Gasteiger partial charge in [-0.05, 0) is 60.0 Å². The normalized spacial score (nSPS) is 14.7. The highest BCUT2D eigenvalue weighted by molar-refractivity contribution is 5.99. The van der Waals surface area contributed by atoms with Crippen LogP contribution in [0.1, 0.15) is 33.3 Å². The summed E-state index contributed by atoms with van der Waals surface area (Å²) >= 11 is 0. The summed E-state index contributed by atoms with van der Waals surface area (Å²) < 4.78 is 30.6. The molecule has 0 bridgehead atoms. The molecule has 0 fully saturated rings. The summed E-state index contributed by atoms with van der Waals surface area (Å²) in [5, 5.41) is 0.106. The number of carbonyl (C=O) groups is 1. The topological polar surface area (TPSA) is 69.0 Å². The van der Waals surface area contributed by atoms with Gasteiger partial charge in [0.25, 0.3) is 5.91 Å². The van der Waals surface area contributed by atoms with Gasteiger partial charge < -0.3 is 18.8 Å². The first-order chi connectivity index (χ1) is 17.5. The number of hydrogen-bond acceptors (Lipinski definition) is 5. The van der Waals surface area contributed by atoms with E-state index in [0.29, 0.717) is 25.3 Å². The van der Waals surface area contributed by atoms with Crippen LogP contribution in [0.4, 0.5) is 4.39 Å². The minimum Gasteiger partial charge on any atom is -0.497 e.